The standard InChI is InChI=1S/C22H25N3O3.ClH/c26-20-8-4-1-5-16(20)13-25-10-9-15(12-22(27)28)17(14-25)11-21-23-18-6-2-3-7-19(18)24-21;/h1-8,15,17,26H,9-14H2,(H,23,24)(H,27,28);1H/t15-,17-;/m0./s1. The summed E-state index contributed by atoms with van der Waals surface area (Å²) in [6, 6.07) is 15.3. The van der Waals surface area contributed by atoms with E-state index in [2.05, 4.69) is 14.9 Å². The third-order valence-electron chi connectivity index (χ3n) is 5.69. The number of para-hydroxylation sites is 3. The fourth-order valence-corrected chi connectivity index (χ4v) is 4.26. The van der Waals surface area contributed by atoms with Gasteiger partial charge in [0.25, 0.3) is 0 Å². The predicted molar refractivity (Wildman–Crippen MR) is 114 cm³/mol. The van der Waals surface area contributed by atoms with E-state index in [0.717, 1.165) is 48.4 Å². The molecule has 1 aliphatic heterocycles. The number of phenols is 1. The smallest absolute Gasteiger partial charge is 0.303 e. The molecule has 7 heteroatoms. The van der Waals surface area contributed by atoms with Gasteiger partial charge < -0.3 is 15.2 Å². The molecular formula is C22H26ClN3O3. The summed E-state index contributed by atoms with van der Waals surface area (Å²) in [6.07, 6.45) is 1.75. The first-order chi connectivity index (χ1) is 13.6. The van der Waals surface area contributed by atoms with Gasteiger partial charge in [-0.1, -0.05) is 30.3 Å². The number of fused-ring (bicyclic) bond motifs is 1. The normalized spacial score (nSPS) is 19.7. The zero-order valence-corrected chi connectivity index (χ0v) is 16.9. The Labute approximate surface area is 176 Å². The number of carboxylic acids is 1. The van der Waals surface area contributed by atoms with Crippen molar-refractivity contribution in [3.63, 3.8) is 0 Å². The van der Waals surface area contributed by atoms with Gasteiger partial charge in [0.1, 0.15) is 11.6 Å². The van der Waals surface area contributed by atoms with Gasteiger partial charge in [0.05, 0.1) is 11.0 Å². The maximum absolute atomic E-state index is 11.4. The molecule has 0 amide bonds. The minimum atomic E-state index is -0.742. The van der Waals surface area contributed by atoms with Gasteiger partial charge in [0.2, 0.25) is 0 Å². The van der Waals surface area contributed by atoms with Crippen molar-refractivity contribution in [3.8, 4) is 5.75 Å². The second-order valence-electron chi connectivity index (χ2n) is 7.68. The Morgan fingerprint density at radius 1 is 1.14 bits per heavy atom. The molecule has 3 N–H and O–H groups in total. The number of aromatic nitrogens is 2. The van der Waals surface area contributed by atoms with Crippen molar-refractivity contribution in [2.24, 2.45) is 11.8 Å². The number of aromatic hydroxyl groups is 1. The molecule has 1 aliphatic rings. The van der Waals surface area contributed by atoms with Crippen LogP contribution in [0, 0.1) is 11.8 Å². The fraction of sp³-hybridized carbons (Fsp3) is 0.364. The first-order valence-corrected chi connectivity index (χ1v) is 9.73. The molecule has 6 nitrogen and oxygen atoms in total. The van der Waals surface area contributed by atoms with E-state index in [9.17, 15) is 15.0 Å². The third kappa shape index (κ3) is 5.08. The Hall–Kier alpha value is -2.57. The molecule has 0 radical (unpaired) electrons. The van der Waals surface area contributed by atoms with Crippen LogP contribution in [-0.2, 0) is 17.8 Å². The summed E-state index contributed by atoms with van der Waals surface area (Å²) in [5, 5.41) is 19.4. The highest BCUT2D eigenvalue weighted by atomic mass is 35.5. The SMILES string of the molecule is Cl.O=C(O)C[C@@H]1CCN(Cc2ccccc2O)C[C@@H]1Cc1nc2ccccc2[nH]1. The molecule has 1 saturated heterocycles. The summed E-state index contributed by atoms with van der Waals surface area (Å²) < 4.78 is 0. The lowest BCUT2D eigenvalue weighted by Gasteiger charge is -2.38. The monoisotopic (exact) mass is 415 g/mol. The zero-order valence-electron chi connectivity index (χ0n) is 16.1. The first kappa shape index (κ1) is 21.1. The summed E-state index contributed by atoms with van der Waals surface area (Å²) in [5.41, 5.74) is 2.85. The molecule has 1 fully saturated rings. The van der Waals surface area contributed by atoms with Gasteiger partial charge >= 0.3 is 5.97 Å². The summed E-state index contributed by atoms with van der Waals surface area (Å²) in [7, 11) is 0. The summed E-state index contributed by atoms with van der Waals surface area (Å²) in [6.45, 7) is 2.30. The average Bonchev–Trinajstić information content (AvgIpc) is 3.08. The number of hydrogen-bond acceptors (Lipinski definition) is 4. The minimum Gasteiger partial charge on any atom is -0.508 e. The number of hydrogen-bond donors (Lipinski definition) is 3. The molecule has 154 valence electrons. The molecule has 4 rings (SSSR count). The van der Waals surface area contributed by atoms with Gasteiger partial charge in [0.15, 0.2) is 0 Å². The molecule has 1 aromatic heterocycles. The van der Waals surface area contributed by atoms with Crippen molar-refractivity contribution in [1.82, 2.24) is 14.9 Å². The number of carbonyl (C=O) groups is 1. The molecule has 3 aromatic rings. The Morgan fingerprint density at radius 3 is 2.66 bits per heavy atom. The summed E-state index contributed by atoms with van der Waals surface area (Å²) >= 11 is 0. The lowest BCUT2D eigenvalue weighted by molar-refractivity contribution is -0.139. The summed E-state index contributed by atoms with van der Waals surface area (Å²) in [5.74, 6) is 0.811. The van der Waals surface area contributed by atoms with Crippen LogP contribution >= 0.6 is 12.4 Å². The predicted octanol–water partition coefficient (Wildman–Crippen LogP) is 3.85. The van der Waals surface area contributed by atoms with Crippen molar-refractivity contribution in [2.75, 3.05) is 13.1 Å². The van der Waals surface area contributed by atoms with Gasteiger partial charge in [-0.2, -0.15) is 0 Å². The number of likely N-dealkylation sites (tertiary alicyclic amines) is 1. The number of phenolic OH excluding ortho intramolecular Hbond substituents is 1. The maximum atomic E-state index is 11.4. The van der Waals surface area contributed by atoms with Crippen molar-refractivity contribution >= 4 is 29.4 Å². The van der Waals surface area contributed by atoms with Crippen molar-refractivity contribution < 1.29 is 15.0 Å². The molecule has 29 heavy (non-hydrogen) atoms. The molecule has 2 atom stereocenters. The largest absolute Gasteiger partial charge is 0.508 e. The number of carboxylic acid groups (broad SMARTS) is 1. The topological polar surface area (TPSA) is 89.4 Å². The van der Waals surface area contributed by atoms with Crippen LogP contribution in [0.25, 0.3) is 11.0 Å². The molecule has 0 saturated carbocycles. The van der Waals surface area contributed by atoms with E-state index in [1.165, 1.54) is 0 Å². The Morgan fingerprint density at radius 2 is 1.90 bits per heavy atom. The lowest BCUT2D eigenvalue weighted by atomic mass is 9.81. The van der Waals surface area contributed by atoms with Crippen molar-refractivity contribution in [3.05, 3.63) is 59.9 Å². The van der Waals surface area contributed by atoms with Crippen LogP contribution in [0.1, 0.15) is 24.2 Å². The highest BCUT2D eigenvalue weighted by Crippen LogP contribution is 2.31. The second kappa shape index (κ2) is 9.29. The highest BCUT2D eigenvalue weighted by molar-refractivity contribution is 5.85. The molecule has 2 aromatic carbocycles. The average molecular weight is 416 g/mol. The van der Waals surface area contributed by atoms with Gasteiger partial charge in [-0.05, 0) is 43.0 Å². The number of piperidine rings is 1. The minimum absolute atomic E-state index is 0. The van der Waals surface area contributed by atoms with Crippen molar-refractivity contribution in [1.29, 1.82) is 0 Å². The fourth-order valence-electron chi connectivity index (χ4n) is 4.26. The van der Waals surface area contributed by atoms with E-state index < -0.39 is 5.97 Å². The lowest BCUT2D eigenvalue weighted by Crippen LogP contribution is -2.41. The molecule has 0 bridgehead atoms. The number of imidazole rings is 1. The van der Waals surface area contributed by atoms with Gasteiger partial charge in [0, 0.05) is 31.5 Å². The number of H-pyrrole nitrogens is 1. The number of aliphatic carboxylic acids is 1. The number of aromatic amines is 1. The van der Waals surface area contributed by atoms with Crippen LogP contribution in [0.5, 0.6) is 5.75 Å². The molecule has 0 spiro atoms. The van der Waals surface area contributed by atoms with Crippen molar-refractivity contribution in [2.45, 2.75) is 25.8 Å². The van der Waals surface area contributed by atoms with E-state index in [0.29, 0.717) is 12.3 Å². The van der Waals surface area contributed by atoms with E-state index in [1.54, 1.807) is 6.07 Å². The summed E-state index contributed by atoms with van der Waals surface area (Å²) in [4.78, 5) is 21.7. The molecule has 2 heterocycles. The van der Waals surface area contributed by atoms with E-state index >= 15 is 0 Å². The van der Waals surface area contributed by atoms with Crippen LogP contribution < -0.4 is 0 Å². The highest BCUT2D eigenvalue weighted by Gasteiger charge is 2.31. The Balaban J connectivity index is 0.00000240. The Bertz CT molecular complexity index is 942. The molecule has 0 aliphatic carbocycles. The van der Waals surface area contributed by atoms with Crippen LogP contribution in [0.15, 0.2) is 48.5 Å². The number of rotatable bonds is 6. The van der Waals surface area contributed by atoms with Gasteiger partial charge in [-0.3, -0.25) is 9.69 Å². The molecular weight excluding hydrogens is 390 g/mol. The number of nitrogens with zero attached hydrogens (tertiary/aromatic N) is 2. The first-order valence-electron chi connectivity index (χ1n) is 9.73. The van der Waals surface area contributed by atoms with Crippen LogP contribution in [0.4, 0.5) is 0 Å². The van der Waals surface area contributed by atoms with Gasteiger partial charge in [-0.25, -0.2) is 4.98 Å². The molecule has 0 unspecified atom stereocenters. The second-order valence-corrected chi connectivity index (χ2v) is 7.68. The third-order valence-corrected chi connectivity index (χ3v) is 5.69. The number of halogens is 1. The zero-order chi connectivity index (χ0) is 19.5. The maximum Gasteiger partial charge on any atom is 0.303 e. The van der Waals surface area contributed by atoms with E-state index in [4.69, 9.17) is 0 Å². The van der Waals surface area contributed by atoms with Gasteiger partial charge in [-0.15, -0.1) is 12.4 Å². The quantitative estimate of drug-likeness (QED) is 0.569. The van der Waals surface area contributed by atoms with E-state index in [1.807, 2.05) is 42.5 Å². The Kier molecular flexibility index (Phi) is 6.77. The van der Waals surface area contributed by atoms with Crippen LogP contribution in [0.3, 0.4) is 0 Å². The van der Waals surface area contributed by atoms with Crippen LogP contribution in [0.2, 0.25) is 0 Å². The van der Waals surface area contributed by atoms with E-state index in [-0.39, 0.29) is 30.7 Å². The number of nitrogens with one attached hydrogen (secondary N) is 1. The number of benzene rings is 2. The van der Waals surface area contributed by atoms with Crippen LogP contribution in [-0.4, -0.2) is 44.1 Å².